The molecule has 2 aromatic carbocycles. The summed E-state index contributed by atoms with van der Waals surface area (Å²) in [5, 5.41) is 8.88. The maximum Gasteiger partial charge on any atom is 0.303 e. The molecule has 0 bridgehead atoms. The van der Waals surface area contributed by atoms with Crippen molar-refractivity contribution in [3.63, 3.8) is 0 Å². The summed E-state index contributed by atoms with van der Waals surface area (Å²) in [6.07, 6.45) is 6.44. The Labute approximate surface area is 206 Å². The van der Waals surface area contributed by atoms with E-state index in [4.69, 9.17) is 15.1 Å². The third-order valence-electron chi connectivity index (χ3n) is 6.89. The number of benzene rings is 2. The van der Waals surface area contributed by atoms with E-state index in [1.807, 2.05) is 0 Å². The predicted molar refractivity (Wildman–Crippen MR) is 141 cm³/mol. The molecule has 0 amide bonds. The molecule has 5 heteroatoms. The second-order valence-electron chi connectivity index (χ2n) is 9.92. The van der Waals surface area contributed by atoms with E-state index in [9.17, 15) is 4.79 Å². The van der Waals surface area contributed by atoms with Crippen molar-refractivity contribution in [1.29, 1.82) is 0 Å². The quantitative estimate of drug-likeness (QED) is 0.249. The van der Waals surface area contributed by atoms with Gasteiger partial charge in [0.15, 0.2) is 5.65 Å². The van der Waals surface area contributed by atoms with Gasteiger partial charge in [0.2, 0.25) is 0 Å². The molecule has 5 rings (SSSR count). The lowest BCUT2D eigenvalue weighted by molar-refractivity contribution is -0.137. The zero-order chi connectivity index (χ0) is 24.4. The molecule has 0 radical (unpaired) electrons. The Balaban J connectivity index is 1.55. The van der Waals surface area contributed by atoms with Crippen LogP contribution in [0.15, 0.2) is 54.6 Å². The largest absolute Gasteiger partial charge is 0.481 e. The van der Waals surface area contributed by atoms with Gasteiger partial charge >= 0.3 is 5.97 Å². The number of aromatic nitrogens is 3. The van der Waals surface area contributed by atoms with Gasteiger partial charge in [-0.2, -0.15) is 0 Å². The van der Waals surface area contributed by atoms with Crippen LogP contribution in [0.4, 0.5) is 0 Å². The van der Waals surface area contributed by atoms with E-state index < -0.39 is 5.97 Å². The first-order valence-corrected chi connectivity index (χ1v) is 12.8. The van der Waals surface area contributed by atoms with Crippen LogP contribution < -0.4 is 0 Å². The van der Waals surface area contributed by atoms with Gasteiger partial charge in [-0.1, -0.05) is 66.4 Å². The Morgan fingerprint density at radius 3 is 2.34 bits per heavy atom. The van der Waals surface area contributed by atoms with Gasteiger partial charge in [0.05, 0.1) is 11.4 Å². The minimum absolute atomic E-state index is 0.257. The SMILES string of the molecule is Cc1ccc(-c2nc3cc(C4CC4)n(CCCCCCC(=O)O)c3nc2-c2cccc(C)c2)cc1. The molecule has 1 N–H and O–H groups in total. The van der Waals surface area contributed by atoms with Crippen molar-refractivity contribution in [3.8, 4) is 22.5 Å². The molecule has 0 spiro atoms. The summed E-state index contributed by atoms with van der Waals surface area (Å²) in [6, 6.07) is 19.3. The standard InChI is InChI=1S/C30H33N3O2/c1-20-11-13-23(14-12-20)28-29(24-9-7-8-21(2)18-24)32-30-25(31-28)19-26(22-15-16-22)33(30)17-6-4-3-5-10-27(34)35/h7-9,11-14,18-19,22H,3-6,10,15-17H2,1-2H3,(H,34,35). The highest BCUT2D eigenvalue weighted by Gasteiger charge is 2.29. The number of carboxylic acid groups (broad SMARTS) is 1. The minimum Gasteiger partial charge on any atom is -0.481 e. The number of fused-ring (bicyclic) bond motifs is 1. The molecule has 4 aromatic rings. The van der Waals surface area contributed by atoms with Crippen LogP contribution in [0.1, 0.15) is 67.7 Å². The van der Waals surface area contributed by atoms with Gasteiger partial charge in [-0.05, 0) is 57.6 Å². The summed E-state index contributed by atoms with van der Waals surface area (Å²) in [7, 11) is 0. The van der Waals surface area contributed by atoms with Crippen molar-refractivity contribution in [2.45, 2.75) is 71.3 Å². The third-order valence-corrected chi connectivity index (χ3v) is 6.89. The number of carboxylic acids is 1. The zero-order valence-corrected chi connectivity index (χ0v) is 20.6. The summed E-state index contributed by atoms with van der Waals surface area (Å²) in [6.45, 7) is 5.11. The van der Waals surface area contributed by atoms with Crippen molar-refractivity contribution < 1.29 is 9.90 Å². The number of hydrogen-bond donors (Lipinski definition) is 1. The molecule has 2 heterocycles. The molecule has 1 aliphatic carbocycles. The molecular formula is C30H33N3O2. The van der Waals surface area contributed by atoms with Crippen molar-refractivity contribution in [3.05, 3.63) is 71.4 Å². The number of hydrogen-bond acceptors (Lipinski definition) is 3. The molecular weight excluding hydrogens is 434 g/mol. The normalized spacial score (nSPS) is 13.4. The second kappa shape index (κ2) is 10.0. The molecule has 0 unspecified atom stereocenters. The average Bonchev–Trinajstić information content (AvgIpc) is 3.63. The fourth-order valence-electron chi connectivity index (χ4n) is 4.83. The van der Waals surface area contributed by atoms with E-state index in [1.54, 1.807) is 0 Å². The van der Waals surface area contributed by atoms with Gasteiger partial charge < -0.3 is 9.67 Å². The minimum atomic E-state index is -0.708. The van der Waals surface area contributed by atoms with Crippen LogP contribution in [0.3, 0.4) is 0 Å². The first kappa shape index (κ1) is 23.3. The summed E-state index contributed by atoms with van der Waals surface area (Å²) in [4.78, 5) is 21.3. The number of nitrogens with zero attached hydrogens (tertiary/aromatic N) is 3. The number of carbonyl (C=O) groups is 1. The smallest absolute Gasteiger partial charge is 0.303 e. The highest BCUT2D eigenvalue weighted by Crippen LogP contribution is 2.43. The van der Waals surface area contributed by atoms with Crippen molar-refractivity contribution in [2.75, 3.05) is 0 Å². The molecule has 180 valence electrons. The molecule has 0 saturated heterocycles. The highest BCUT2D eigenvalue weighted by molar-refractivity contribution is 5.86. The van der Waals surface area contributed by atoms with E-state index in [0.29, 0.717) is 5.92 Å². The summed E-state index contributed by atoms with van der Waals surface area (Å²) >= 11 is 0. The molecule has 1 aliphatic rings. The fraction of sp³-hybridized carbons (Fsp3) is 0.367. The predicted octanol–water partition coefficient (Wildman–Crippen LogP) is 7.29. The van der Waals surface area contributed by atoms with Crippen molar-refractivity contribution in [2.24, 2.45) is 0 Å². The molecule has 2 aromatic heterocycles. The maximum atomic E-state index is 10.8. The summed E-state index contributed by atoms with van der Waals surface area (Å²) in [5.74, 6) is -0.107. The van der Waals surface area contributed by atoms with Crippen LogP contribution in [0.25, 0.3) is 33.7 Å². The monoisotopic (exact) mass is 467 g/mol. The lowest BCUT2D eigenvalue weighted by atomic mass is 10.0. The number of aryl methyl sites for hydroxylation is 3. The lowest BCUT2D eigenvalue weighted by Crippen LogP contribution is -2.05. The van der Waals surface area contributed by atoms with Gasteiger partial charge in [0.25, 0.3) is 0 Å². The number of unbranched alkanes of at least 4 members (excludes halogenated alkanes) is 3. The zero-order valence-electron chi connectivity index (χ0n) is 20.6. The van der Waals surface area contributed by atoms with E-state index in [2.05, 4.69) is 73.0 Å². The van der Waals surface area contributed by atoms with Crippen LogP contribution in [-0.2, 0) is 11.3 Å². The fourth-order valence-corrected chi connectivity index (χ4v) is 4.83. The van der Waals surface area contributed by atoms with Crippen LogP contribution in [-0.4, -0.2) is 25.6 Å². The third kappa shape index (κ3) is 5.29. The first-order valence-electron chi connectivity index (χ1n) is 12.8. The Morgan fingerprint density at radius 2 is 1.63 bits per heavy atom. The van der Waals surface area contributed by atoms with Gasteiger partial charge in [0, 0.05) is 29.8 Å². The molecule has 0 atom stereocenters. The molecule has 1 fully saturated rings. The molecule has 5 nitrogen and oxygen atoms in total. The Morgan fingerprint density at radius 1 is 0.886 bits per heavy atom. The highest BCUT2D eigenvalue weighted by atomic mass is 16.4. The van der Waals surface area contributed by atoms with Gasteiger partial charge in [-0.25, -0.2) is 9.97 Å². The Bertz CT molecular complexity index is 1350. The van der Waals surface area contributed by atoms with Crippen LogP contribution in [0.5, 0.6) is 0 Å². The van der Waals surface area contributed by atoms with Crippen LogP contribution in [0, 0.1) is 13.8 Å². The lowest BCUT2D eigenvalue weighted by Gasteiger charge is -2.13. The van der Waals surface area contributed by atoms with Gasteiger partial charge in [0.1, 0.15) is 5.52 Å². The summed E-state index contributed by atoms with van der Waals surface area (Å²) in [5.41, 5.74) is 9.73. The Hall–Kier alpha value is -3.47. The number of rotatable bonds is 10. The van der Waals surface area contributed by atoms with E-state index in [-0.39, 0.29) is 6.42 Å². The topological polar surface area (TPSA) is 68.0 Å². The number of aliphatic carboxylic acids is 1. The van der Waals surface area contributed by atoms with Gasteiger partial charge in [-0.15, -0.1) is 0 Å². The van der Waals surface area contributed by atoms with Crippen molar-refractivity contribution >= 4 is 17.1 Å². The van der Waals surface area contributed by atoms with Crippen molar-refractivity contribution in [1.82, 2.24) is 14.5 Å². The van der Waals surface area contributed by atoms with Crippen LogP contribution in [0.2, 0.25) is 0 Å². The van der Waals surface area contributed by atoms with Gasteiger partial charge in [-0.3, -0.25) is 4.79 Å². The molecule has 1 saturated carbocycles. The second-order valence-corrected chi connectivity index (χ2v) is 9.92. The maximum absolute atomic E-state index is 10.8. The van der Waals surface area contributed by atoms with Crippen LogP contribution >= 0.6 is 0 Å². The van der Waals surface area contributed by atoms with E-state index in [0.717, 1.165) is 65.9 Å². The average molecular weight is 468 g/mol. The molecule has 35 heavy (non-hydrogen) atoms. The molecule has 0 aliphatic heterocycles. The Kier molecular flexibility index (Phi) is 6.67. The van der Waals surface area contributed by atoms with E-state index >= 15 is 0 Å². The summed E-state index contributed by atoms with van der Waals surface area (Å²) < 4.78 is 2.38. The van der Waals surface area contributed by atoms with E-state index in [1.165, 1.54) is 29.7 Å². The first-order chi connectivity index (χ1) is 17.0.